The van der Waals surface area contributed by atoms with Gasteiger partial charge in [-0.25, -0.2) is 4.79 Å². The SMILES string of the molecule is O=C(Nc1ccc(-c2ccccc2)cc1)Nc1ccc(OCc2ccc(OCCN3CCCCC3)cc2)c2ccccc12. The van der Waals surface area contributed by atoms with E-state index in [1.807, 2.05) is 103 Å². The Kier molecular flexibility index (Phi) is 9.16. The molecule has 1 saturated heterocycles. The molecule has 0 radical (unpaired) electrons. The van der Waals surface area contributed by atoms with Crippen LogP contribution in [0.25, 0.3) is 21.9 Å². The fraction of sp³-hybridized carbons (Fsp3) is 0.216. The van der Waals surface area contributed by atoms with E-state index in [2.05, 4.69) is 27.7 Å². The fourth-order valence-corrected chi connectivity index (χ4v) is 5.49. The van der Waals surface area contributed by atoms with Crippen LogP contribution in [-0.2, 0) is 6.61 Å². The van der Waals surface area contributed by atoms with E-state index in [1.54, 1.807) is 0 Å². The van der Waals surface area contributed by atoms with Gasteiger partial charge in [0.25, 0.3) is 0 Å². The highest BCUT2D eigenvalue weighted by Crippen LogP contribution is 2.32. The Bertz CT molecular complexity index is 1630. The van der Waals surface area contributed by atoms with E-state index in [1.165, 1.54) is 32.4 Å². The lowest BCUT2D eigenvalue weighted by Gasteiger charge is -2.26. The van der Waals surface area contributed by atoms with Crippen LogP contribution in [0.3, 0.4) is 0 Å². The van der Waals surface area contributed by atoms with Gasteiger partial charge in [-0.1, -0.05) is 85.3 Å². The minimum atomic E-state index is -0.301. The zero-order valence-corrected chi connectivity index (χ0v) is 24.3. The summed E-state index contributed by atoms with van der Waals surface area (Å²) in [5.74, 6) is 1.65. The quantitative estimate of drug-likeness (QED) is 0.176. The van der Waals surface area contributed by atoms with Crippen LogP contribution in [0.4, 0.5) is 16.2 Å². The fourth-order valence-electron chi connectivity index (χ4n) is 5.49. The number of nitrogens with one attached hydrogen (secondary N) is 2. The molecule has 1 aliphatic rings. The van der Waals surface area contributed by atoms with Gasteiger partial charge in [0, 0.05) is 23.0 Å². The highest BCUT2D eigenvalue weighted by atomic mass is 16.5. The van der Waals surface area contributed by atoms with Crippen LogP contribution >= 0.6 is 0 Å². The van der Waals surface area contributed by atoms with E-state index >= 15 is 0 Å². The molecule has 1 aliphatic heterocycles. The predicted molar refractivity (Wildman–Crippen MR) is 175 cm³/mol. The molecule has 0 bridgehead atoms. The molecule has 6 heteroatoms. The molecule has 218 valence electrons. The molecule has 0 aromatic heterocycles. The summed E-state index contributed by atoms with van der Waals surface area (Å²) in [5.41, 5.74) is 4.73. The van der Waals surface area contributed by atoms with Crippen molar-refractivity contribution in [2.45, 2.75) is 25.9 Å². The van der Waals surface area contributed by atoms with Gasteiger partial charge >= 0.3 is 6.03 Å². The second-order valence-corrected chi connectivity index (χ2v) is 10.9. The van der Waals surface area contributed by atoms with Crippen molar-refractivity contribution < 1.29 is 14.3 Å². The first-order valence-electron chi connectivity index (χ1n) is 15.0. The monoisotopic (exact) mass is 571 g/mol. The van der Waals surface area contributed by atoms with Crippen LogP contribution in [0.15, 0.2) is 115 Å². The molecule has 0 saturated carbocycles. The molecule has 2 N–H and O–H groups in total. The molecule has 0 unspecified atom stereocenters. The Morgan fingerprint density at radius 3 is 2.12 bits per heavy atom. The number of nitrogens with zero attached hydrogens (tertiary/aromatic N) is 1. The Morgan fingerprint density at radius 2 is 1.35 bits per heavy atom. The van der Waals surface area contributed by atoms with Gasteiger partial charge in [-0.2, -0.15) is 0 Å². The van der Waals surface area contributed by atoms with Crippen molar-refractivity contribution in [1.82, 2.24) is 4.90 Å². The summed E-state index contributed by atoms with van der Waals surface area (Å²) in [6, 6.07) is 37.5. The molecule has 0 atom stereocenters. The summed E-state index contributed by atoms with van der Waals surface area (Å²) in [4.78, 5) is 15.4. The number of carbonyl (C=O) groups is 1. The molecule has 2 amide bonds. The minimum Gasteiger partial charge on any atom is -0.492 e. The van der Waals surface area contributed by atoms with Crippen LogP contribution in [0.5, 0.6) is 11.5 Å². The Balaban J connectivity index is 1.04. The molecule has 1 fully saturated rings. The predicted octanol–water partition coefficient (Wildman–Crippen LogP) is 8.59. The number of piperidine rings is 1. The lowest BCUT2D eigenvalue weighted by Crippen LogP contribution is -2.33. The normalized spacial score (nSPS) is 13.4. The van der Waals surface area contributed by atoms with Crippen molar-refractivity contribution in [1.29, 1.82) is 0 Å². The number of urea groups is 1. The summed E-state index contributed by atoms with van der Waals surface area (Å²) in [6.45, 7) is 4.49. The Morgan fingerprint density at radius 1 is 0.651 bits per heavy atom. The Hall–Kier alpha value is -4.81. The van der Waals surface area contributed by atoms with Crippen LogP contribution in [0.1, 0.15) is 24.8 Å². The van der Waals surface area contributed by atoms with Gasteiger partial charge in [0.1, 0.15) is 24.7 Å². The number of benzene rings is 5. The topological polar surface area (TPSA) is 62.8 Å². The number of anilines is 2. The number of ether oxygens (including phenoxy) is 2. The molecule has 6 rings (SSSR count). The third-order valence-corrected chi connectivity index (χ3v) is 7.82. The van der Waals surface area contributed by atoms with E-state index < -0.39 is 0 Å². The molecular formula is C37H37N3O3. The number of hydrogen-bond acceptors (Lipinski definition) is 4. The maximum Gasteiger partial charge on any atom is 0.323 e. The summed E-state index contributed by atoms with van der Waals surface area (Å²) >= 11 is 0. The number of rotatable bonds is 10. The van der Waals surface area contributed by atoms with Crippen molar-refractivity contribution >= 4 is 28.2 Å². The largest absolute Gasteiger partial charge is 0.492 e. The van der Waals surface area contributed by atoms with Gasteiger partial charge < -0.3 is 20.1 Å². The summed E-state index contributed by atoms with van der Waals surface area (Å²) in [6.07, 6.45) is 3.94. The molecule has 1 heterocycles. The lowest BCUT2D eigenvalue weighted by atomic mass is 10.1. The van der Waals surface area contributed by atoms with E-state index in [-0.39, 0.29) is 6.03 Å². The number of likely N-dealkylation sites (tertiary alicyclic amines) is 1. The number of hydrogen-bond donors (Lipinski definition) is 2. The van der Waals surface area contributed by atoms with Crippen molar-refractivity contribution in [2.24, 2.45) is 0 Å². The summed E-state index contributed by atoms with van der Waals surface area (Å²) in [7, 11) is 0. The second-order valence-electron chi connectivity index (χ2n) is 10.9. The maximum absolute atomic E-state index is 12.9. The van der Waals surface area contributed by atoms with Crippen LogP contribution in [0, 0.1) is 0 Å². The van der Waals surface area contributed by atoms with E-state index in [9.17, 15) is 4.79 Å². The van der Waals surface area contributed by atoms with Crippen LogP contribution < -0.4 is 20.1 Å². The van der Waals surface area contributed by atoms with Gasteiger partial charge in [0.2, 0.25) is 0 Å². The second kappa shape index (κ2) is 13.9. The zero-order chi connectivity index (χ0) is 29.3. The standard InChI is InChI=1S/C37H37N3O3/c41-37(38-31-17-15-30(16-18-31)29-9-3-1-4-10-29)39-35-21-22-36(34-12-6-5-11-33(34)35)43-27-28-13-19-32(20-14-28)42-26-25-40-23-7-2-8-24-40/h1,3-6,9-22H,2,7-8,23-27H2,(H2,38,39,41). The lowest BCUT2D eigenvalue weighted by molar-refractivity contribution is 0.183. The van der Waals surface area contributed by atoms with Gasteiger partial charge in [-0.3, -0.25) is 4.90 Å². The van der Waals surface area contributed by atoms with Crippen molar-refractivity contribution in [3.8, 4) is 22.6 Å². The minimum absolute atomic E-state index is 0.301. The molecule has 5 aromatic rings. The molecule has 6 nitrogen and oxygen atoms in total. The molecule has 5 aromatic carbocycles. The highest BCUT2D eigenvalue weighted by Gasteiger charge is 2.12. The molecule has 0 spiro atoms. The van der Waals surface area contributed by atoms with E-state index in [0.717, 1.165) is 51.2 Å². The molecular weight excluding hydrogens is 534 g/mol. The van der Waals surface area contributed by atoms with Gasteiger partial charge in [-0.15, -0.1) is 0 Å². The Labute approximate surface area is 253 Å². The third kappa shape index (κ3) is 7.53. The van der Waals surface area contributed by atoms with Gasteiger partial charge in [0.15, 0.2) is 0 Å². The van der Waals surface area contributed by atoms with E-state index in [4.69, 9.17) is 9.47 Å². The van der Waals surface area contributed by atoms with Crippen molar-refractivity contribution in [3.05, 3.63) is 121 Å². The van der Waals surface area contributed by atoms with E-state index in [0.29, 0.717) is 18.9 Å². The molecule has 43 heavy (non-hydrogen) atoms. The first-order valence-corrected chi connectivity index (χ1v) is 15.0. The van der Waals surface area contributed by atoms with Crippen molar-refractivity contribution in [2.75, 3.05) is 36.9 Å². The average molecular weight is 572 g/mol. The van der Waals surface area contributed by atoms with Crippen LogP contribution in [0.2, 0.25) is 0 Å². The summed E-state index contributed by atoms with van der Waals surface area (Å²) < 4.78 is 12.2. The van der Waals surface area contributed by atoms with Crippen molar-refractivity contribution in [3.63, 3.8) is 0 Å². The number of carbonyl (C=O) groups excluding carboxylic acids is 1. The number of fused-ring (bicyclic) bond motifs is 1. The van der Waals surface area contributed by atoms with Crippen LogP contribution in [-0.4, -0.2) is 37.2 Å². The molecule has 0 aliphatic carbocycles. The first-order chi connectivity index (χ1) is 21.2. The smallest absolute Gasteiger partial charge is 0.323 e. The van der Waals surface area contributed by atoms with Gasteiger partial charge in [0.05, 0.1) is 5.69 Å². The highest BCUT2D eigenvalue weighted by molar-refractivity contribution is 6.07. The summed E-state index contributed by atoms with van der Waals surface area (Å²) in [5, 5.41) is 7.78. The maximum atomic E-state index is 12.9. The average Bonchev–Trinajstić information content (AvgIpc) is 3.06. The first kappa shape index (κ1) is 28.3. The van der Waals surface area contributed by atoms with Gasteiger partial charge in [-0.05, 0) is 79.0 Å². The third-order valence-electron chi connectivity index (χ3n) is 7.82. The zero-order valence-electron chi connectivity index (χ0n) is 24.3. The number of amides is 2.